The van der Waals surface area contributed by atoms with E-state index in [-0.39, 0.29) is 12.5 Å². The molecule has 0 unspecified atom stereocenters. The van der Waals surface area contributed by atoms with Crippen molar-refractivity contribution in [2.24, 2.45) is 5.16 Å². The van der Waals surface area contributed by atoms with Gasteiger partial charge < -0.3 is 14.9 Å². The molecule has 1 N–H and O–H groups in total. The summed E-state index contributed by atoms with van der Waals surface area (Å²) in [5, 5.41) is 6.60. The van der Waals surface area contributed by atoms with Gasteiger partial charge in [0.1, 0.15) is 5.75 Å². The van der Waals surface area contributed by atoms with Crippen molar-refractivity contribution in [1.82, 2.24) is 5.32 Å². The lowest BCUT2D eigenvalue weighted by atomic mass is 10.2. The predicted octanol–water partition coefficient (Wildman–Crippen LogP) is 3.34. The van der Waals surface area contributed by atoms with Crippen LogP contribution in [0.4, 0.5) is 0 Å². The molecule has 2 aromatic carbocycles. The van der Waals surface area contributed by atoms with E-state index in [9.17, 15) is 4.79 Å². The second kappa shape index (κ2) is 11.1. The minimum Gasteiger partial charge on any atom is -0.494 e. The highest BCUT2D eigenvalue weighted by molar-refractivity contribution is 7.99. The standard InChI is InChI=1S/C19H22N2O3S/c1-2-23-17-10-8-16(9-11-17)14-21-24-15-19(22)20-12-13-25-18-6-4-3-5-7-18/h3-11,14H,2,12-13,15H2,1H3,(H,20,22)/b21-14+. The van der Waals surface area contributed by atoms with Crippen molar-refractivity contribution in [3.8, 4) is 5.75 Å². The highest BCUT2D eigenvalue weighted by atomic mass is 32.2. The molecular weight excluding hydrogens is 336 g/mol. The predicted molar refractivity (Wildman–Crippen MR) is 101 cm³/mol. The van der Waals surface area contributed by atoms with E-state index in [2.05, 4.69) is 10.5 Å². The first-order valence-corrected chi connectivity index (χ1v) is 9.09. The molecule has 0 atom stereocenters. The van der Waals surface area contributed by atoms with Gasteiger partial charge in [0, 0.05) is 17.2 Å². The number of hydrogen-bond donors (Lipinski definition) is 1. The molecule has 0 aliphatic rings. The van der Waals surface area contributed by atoms with Crippen LogP contribution in [0.5, 0.6) is 5.75 Å². The molecule has 1 amide bonds. The van der Waals surface area contributed by atoms with Crippen LogP contribution >= 0.6 is 11.8 Å². The number of amides is 1. The van der Waals surface area contributed by atoms with Crippen molar-refractivity contribution < 1.29 is 14.4 Å². The summed E-state index contributed by atoms with van der Waals surface area (Å²) in [5.41, 5.74) is 0.878. The van der Waals surface area contributed by atoms with E-state index in [1.165, 1.54) is 4.90 Å². The number of carbonyl (C=O) groups is 1. The van der Waals surface area contributed by atoms with E-state index < -0.39 is 0 Å². The zero-order valence-corrected chi connectivity index (χ0v) is 15.0. The number of thioether (sulfide) groups is 1. The molecule has 0 saturated carbocycles. The number of rotatable bonds is 10. The van der Waals surface area contributed by atoms with Crippen molar-refractivity contribution >= 4 is 23.9 Å². The molecule has 0 bridgehead atoms. The Morgan fingerprint density at radius 1 is 1.16 bits per heavy atom. The van der Waals surface area contributed by atoms with Crippen molar-refractivity contribution in [3.63, 3.8) is 0 Å². The molecule has 2 rings (SSSR count). The van der Waals surface area contributed by atoms with Crippen LogP contribution in [0.15, 0.2) is 64.6 Å². The average molecular weight is 358 g/mol. The Hall–Kier alpha value is -2.47. The maximum atomic E-state index is 11.6. The smallest absolute Gasteiger partial charge is 0.260 e. The molecule has 6 heteroatoms. The Balaban J connectivity index is 1.58. The van der Waals surface area contributed by atoms with Crippen LogP contribution < -0.4 is 10.1 Å². The van der Waals surface area contributed by atoms with E-state index in [0.717, 1.165) is 17.1 Å². The topological polar surface area (TPSA) is 59.9 Å². The summed E-state index contributed by atoms with van der Waals surface area (Å²) < 4.78 is 5.36. The molecule has 0 saturated heterocycles. The number of nitrogens with zero attached hydrogens (tertiary/aromatic N) is 1. The fourth-order valence-corrected chi connectivity index (χ4v) is 2.73. The van der Waals surface area contributed by atoms with E-state index >= 15 is 0 Å². The van der Waals surface area contributed by atoms with Gasteiger partial charge in [-0.3, -0.25) is 4.79 Å². The van der Waals surface area contributed by atoms with Gasteiger partial charge in [-0.2, -0.15) is 0 Å². The lowest BCUT2D eigenvalue weighted by molar-refractivity contribution is -0.125. The fourth-order valence-electron chi connectivity index (χ4n) is 1.94. The van der Waals surface area contributed by atoms with Crippen LogP contribution in [0.3, 0.4) is 0 Å². The van der Waals surface area contributed by atoms with Crippen LogP contribution in [0.2, 0.25) is 0 Å². The third-order valence-electron chi connectivity index (χ3n) is 3.10. The number of ether oxygens (including phenoxy) is 1. The molecule has 0 fully saturated rings. The Bertz CT molecular complexity index is 660. The van der Waals surface area contributed by atoms with Crippen molar-refractivity contribution in [1.29, 1.82) is 0 Å². The molecule has 0 spiro atoms. The molecule has 0 aliphatic carbocycles. The fraction of sp³-hybridized carbons (Fsp3) is 0.263. The maximum absolute atomic E-state index is 11.6. The Labute approximate surface area is 152 Å². The van der Waals surface area contributed by atoms with Crippen LogP contribution in [0.1, 0.15) is 12.5 Å². The van der Waals surface area contributed by atoms with Crippen LogP contribution in [0.25, 0.3) is 0 Å². The Morgan fingerprint density at radius 3 is 2.64 bits per heavy atom. The molecular formula is C19H22N2O3S. The Morgan fingerprint density at radius 2 is 1.92 bits per heavy atom. The van der Waals surface area contributed by atoms with E-state index in [1.54, 1.807) is 18.0 Å². The van der Waals surface area contributed by atoms with Crippen LogP contribution in [-0.2, 0) is 9.63 Å². The summed E-state index contributed by atoms with van der Waals surface area (Å²) >= 11 is 1.70. The first-order chi connectivity index (χ1) is 12.3. The molecule has 132 valence electrons. The molecule has 2 aromatic rings. The average Bonchev–Trinajstić information content (AvgIpc) is 2.65. The third-order valence-corrected chi connectivity index (χ3v) is 4.11. The van der Waals surface area contributed by atoms with Gasteiger partial charge in [-0.25, -0.2) is 0 Å². The van der Waals surface area contributed by atoms with Crippen molar-refractivity contribution in [3.05, 3.63) is 60.2 Å². The summed E-state index contributed by atoms with van der Waals surface area (Å²) in [6.07, 6.45) is 1.56. The number of hydrogen-bond acceptors (Lipinski definition) is 5. The lowest BCUT2D eigenvalue weighted by Gasteiger charge is -2.04. The maximum Gasteiger partial charge on any atom is 0.260 e. The van der Waals surface area contributed by atoms with Crippen molar-refractivity contribution in [2.75, 3.05) is 25.5 Å². The summed E-state index contributed by atoms with van der Waals surface area (Å²) in [6.45, 7) is 3.07. The third kappa shape index (κ3) is 7.76. The van der Waals surface area contributed by atoms with Crippen LogP contribution in [-0.4, -0.2) is 37.6 Å². The molecule has 25 heavy (non-hydrogen) atoms. The highest BCUT2D eigenvalue weighted by Crippen LogP contribution is 2.15. The van der Waals surface area contributed by atoms with Crippen molar-refractivity contribution in [2.45, 2.75) is 11.8 Å². The zero-order chi connectivity index (χ0) is 17.7. The number of nitrogens with one attached hydrogen (secondary N) is 1. The highest BCUT2D eigenvalue weighted by Gasteiger charge is 2.01. The largest absolute Gasteiger partial charge is 0.494 e. The first kappa shape index (κ1) is 18.9. The monoisotopic (exact) mass is 358 g/mol. The summed E-state index contributed by atoms with van der Waals surface area (Å²) in [6, 6.07) is 17.5. The molecule has 0 aromatic heterocycles. The molecule has 0 aliphatic heterocycles. The van der Waals surface area contributed by atoms with Crippen LogP contribution in [0, 0.1) is 0 Å². The van der Waals surface area contributed by atoms with Gasteiger partial charge in [-0.15, -0.1) is 11.8 Å². The van der Waals surface area contributed by atoms with Gasteiger partial charge in [0.05, 0.1) is 12.8 Å². The molecule has 5 nitrogen and oxygen atoms in total. The van der Waals surface area contributed by atoms with E-state index in [0.29, 0.717) is 13.2 Å². The zero-order valence-electron chi connectivity index (χ0n) is 14.2. The number of carbonyl (C=O) groups excluding carboxylic acids is 1. The quantitative estimate of drug-likeness (QED) is 0.306. The minimum atomic E-state index is -0.183. The summed E-state index contributed by atoms with van der Waals surface area (Å²) in [4.78, 5) is 17.8. The second-order valence-electron chi connectivity index (χ2n) is 5.02. The first-order valence-electron chi connectivity index (χ1n) is 8.10. The second-order valence-corrected chi connectivity index (χ2v) is 6.19. The van der Waals surface area contributed by atoms with Gasteiger partial charge in [0.15, 0.2) is 6.61 Å². The normalized spacial score (nSPS) is 10.6. The van der Waals surface area contributed by atoms with Gasteiger partial charge >= 0.3 is 0 Å². The summed E-state index contributed by atoms with van der Waals surface area (Å²) in [5.74, 6) is 1.44. The number of benzene rings is 2. The van der Waals surface area contributed by atoms with E-state index in [1.807, 2.05) is 61.5 Å². The minimum absolute atomic E-state index is 0.0937. The van der Waals surface area contributed by atoms with Gasteiger partial charge in [-0.1, -0.05) is 23.4 Å². The molecule has 0 heterocycles. The van der Waals surface area contributed by atoms with Gasteiger partial charge in [0.25, 0.3) is 5.91 Å². The van der Waals surface area contributed by atoms with E-state index in [4.69, 9.17) is 9.57 Å². The summed E-state index contributed by atoms with van der Waals surface area (Å²) in [7, 11) is 0. The Kier molecular flexibility index (Phi) is 8.41. The number of oxime groups is 1. The van der Waals surface area contributed by atoms with Gasteiger partial charge in [0.2, 0.25) is 0 Å². The molecule has 0 radical (unpaired) electrons. The lowest BCUT2D eigenvalue weighted by Crippen LogP contribution is -2.28. The SMILES string of the molecule is CCOc1ccc(/C=N/OCC(=O)NCCSc2ccccc2)cc1. The van der Waals surface area contributed by atoms with Gasteiger partial charge in [-0.05, 0) is 48.9 Å².